The molecule has 0 heterocycles. The minimum Gasteiger partial charge on any atom is -0.387 e. The second-order valence-electron chi connectivity index (χ2n) is 4.66. The molecule has 1 amide bonds. The lowest BCUT2D eigenvalue weighted by molar-refractivity contribution is 0.0940. The number of nitrogens with one attached hydrogen (secondary N) is 2. The third-order valence-electron chi connectivity index (χ3n) is 3.21. The number of rotatable bonds is 4. The fourth-order valence-corrected chi connectivity index (χ4v) is 2.57. The molecular weight excluding hydrogens is 307 g/mol. The van der Waals surface area contributed by atoms with E-state index in [1.807, 2.05) is 25.1 Å². The summed E-state index contributed by atoms with van der Waals surface area (Å²) < 4.78 is 0. The Kier molecular flexibility index (Phi) is 5.10. The van der Waals surface area contributed by atoms with Crippen molar-refractivity contribution in [1.82, 2.24) is 5.32 Å². The maximum atomic E-state index is 12.4. The van der Waals surface area contributed by atoms with Gasteiger partial charge in [0.25, 0.3) is 5.91 Å². The van der Waals surface area contributed by atoms with Crippen LogP contribution >= 0.6 is 23.2 Å². The number of carbonyl (C=O) groups excluding carboxylic acids is 1. The van der Waals surface area contributed by atoms with Crippen molar-refractivity contribution in [3.8, 4) is 0 Å². The lowest BCUT2D eigenvalue weighted by Gasteiger charge is -2.17. The molecule has 0 radical (unpaired) electrons. The summed E-state index contributed by atoms with van der Waals surface area (Å²) >= 11 is 12.1. The second kappa shape index (κ2) is 6.83. The number of amides is 1. The minimum absolute atomic E-state index is 0.199. The third kappa shape index (κ3) is 3.69. The van der Waals surface area contributed by atoms with Gasteiger partial charge in [0.2, 0.25) is 0 Å². The number of hydrogen-bond donors (Lipinski definition) is 2. The third-order valence-corrected chi connectivity index (χ3v) is 3.79. The van der Waals surface area contributed by atoms with Crippen LogP contribution in [0.3, 0.4) is 0 Å². The van der Waals surface area contributed by atoms with Crippen molar-refractivity contribution < 1.29 is 4.79 Å². The van der Waals surface area contributed by atoms with Crippen molar-refractivity contribution >= 4 is 34.8 Å². The van der Waals surface area contributed by atoms with Gasteiger partial charge < -0.3 is 10.6 Å². The molecule has 5 heteroatoms. The first kappa shape index (κ1) is 15.7. The molecule has 2 aromatic carbocycles. The van der Waals surface area contributed by atoms with Crippen LogP contribution in [0.1, 0.15) is 28.9 Å². The summed E-state index contributed by atoms with van der Waals surface area (Å²) in [5, 5.41) is 7.06. The molecule has 0 spiro atoms. The molecule has 3 nitrogen and oxygen atoms in total. The molecule has 0 aliphatic rings. The molecule has 1 atom stereocenters. The van der Waals surface area contributed by atoms with E-state index in [0.29, 0.717) is 15.6 Å². The number of anilines is 1. The molecule has 110 valence electrons. The zero-order valence-corrected chi connectivity index (χ0v) is 13.3. The highest BCUT2D eigenvalue weighted by Crippen LogP contribution is 2.24. The average Bonchev–Trinajstić information content (AvgIpc) is 2.47. The van der Waals surface area contributed by atoms with Gasteiger partial charge in [-0.3, -0.25) is 4.79 Å². The zero-order chi connectivity index (χ0) is 15.4. The van der Waals surface area contributed by atoms with E-state index in [1.165, 1.54) is 0 Å². The molecule has 0 aliphatic carbocycles. The number of hydrogen-bond acceptors (Lipinski definition) is 2. The van der Waals surface area contributed by atoms with E-state index in [2.05, 4.69) is 10.6 Å². The fraction of sp³-hybridized carbons (Fsp3) is 0.188. The van der Waals surface area contributed by atoms with Gasteiger partial charge in [-0.15, -0.1) is 0 Å². The zero-order valence-electron chi connectivity index (χ0n) is 11.8. The topological polar surface area (TPSA) is 41.1 Å². The summed E-state index contributed by atoms with van der Waals surface area (Å²) in [7, 11) is 1.76. The Hall–Kier alpha value is -1.71. The smallest absolute Gasteiger partial charge is 0.253 e. The van der Waals surface area contributed by atoms with Crippen LogP contribution in [0.25, 0.3) is 0 Å². The number of benzene rings is 2. The van der Waals surface area contributed by atoms with E-state index in [4.69, 9.17) is 23.2 Å². The van der Waals surface area contributed by atoms with Crippen LogP contribution in [0.5, 0.6) is 0 Å². The Morgan fingerprint density at radius 2 is 1.86 bits per heavy atom. The van der Waals surface area contributed by atoms with E-state index in [9.17, 15) is 4.79 Å². The molecule has 2 aromatic rings. The summed E-state index contributed by atoms with van der Waals surface area (Å²) in [5.74, 6) is -0.200. The van der Waals surface area contributed by atoms with Crippen molar-refractivity contribution in [2.24, 2.45) is 0 Å². The lowest BCUT2D eigenvalue weighted by atomic mass is 10.1. The van der Waals surface area contributed by atoms with Gasteiger partial charge >= 0.3 is 0 Å². The standard InChI is InChI=1S/C16H16Cl2N2O/c1-10(12-5-3-4-6-14(12)18)20-16(21)13-9-11(17)7-8-15(13)19-2/h3-10,19H,1-2H3,(H,20,21). The van der Waals surface area contributed by atoms with Crippen LogP contribution in [0, 0.1) is 0 Å². The van der Waals surface area contributed by atoms with Crippen LogP contribution in [-0.4, -0.2) is 13.0 Å². The van der Waals surface area contributed by atoms with Crippen molar-refractivity contribution in [1.29, 1.82) is 0 Å². The van der Waals surface area contributed by atoms with Crippen molar-refractivity contribution in [2.45, 2.75) is 13.0 Å². The normalized spacial score (nSPS) is 11.8. The molecule has 1 unspecified atom stereocenters. The average molecular weight is 323 g/mol. The summed E-state index contributed by atoms with van der Waals surface area (Å²) in [5.41, 5.74) is 2.10. The molecule has 0 saturated carbocycles. The molecule has 0 saturated heterocycles. The van der Waals surface area contributed by atoms with Crippen LogP contribution in [0.15, 0.2) is 42.5 Å². The van der Waals surface area contributed by atoms with E-state index in [-0.39, 0.29) is 11.9 Å². The molecular formula is C16H16Cl2N2O. The number of halogens is 2. The Labute approximate surface area is 134 Å². The van der Waals surface area contributed by atoms with Crippen molar-refractivity contribution in [3.05, 3.63) is 63.6 Å². The largest absolute Gasteiger partial charge is 0.387 e. The highest BCUT2D eigenvalue weighted by molar-refractivity contribution is 6.31. The first-order valence-electron chi connectivity index (χ1n) is 6.55. The summed E-state index contributed by atoms with van der Waals surface area (Å²) in [6.07, 6.45) is 0. The van der Waals surface area contributed by atoms with Gasteiger partial charge in [0, 0.05) is 22.8 Å². The van der Waals surface area contributed by atoms with Gasteiger partial charge in [-0.1, -0.05) is 41.4 Å². The molecule has 2 N–H and O–H groups in total. The van der Waals surface area contributed by atoms with E-state index in [0.717, 1.165) is 11.3 Å². The molecule has 0 fully saturated rings. The molecule has 0 aliphatic heterocycles. The first-order valence-corrected chi connectivity index (χ1v) is 7.31. The maximum absolute atomic E-state index is 12.4. The quantitative estimate of drug-likeness (QED) is 0.868. The van der Waals surface area contributed by atoms with Gasteiger partial charge in [0.05, 0.1) is 11.6 Å². The van der Waals surface area contributed by atoms with Crippen LogP contribution in [0.2, 0.25) is 10.0 Å². The predicted octanol–water partition coefficient (Wildman–Crippen LogP) is 4.53. The predicted molar refractivity (Wildman–Crippen MR) is 88.3 cm³/mol. The molecule has 0 bridgehead atoms. The van der Waals surface area contributed by atoms with Gasteiger partial charge in [0.1, 0.15) is 0 Å². The Morgan fingerprint density at radius 3 is 2.52 bits per heavy atom. The summed E-state index contributed by atoms with van der Waals surface area (Å²) in [6, 6.07) is 12.4. The summed E-state index contributed by atoms with van der Waals surface area (Å²) in [6.45, 7) is 1.89. The first-order chi connectivity index (χ1) is 10.0. The summed E-state index contributed by atoms with van der Waals surface area (Å²) in [4.78, 5) is 12.4. The molecule has 21 heavy (non-hydrogen) atoms. The Bertz CT molecular complexity index is 658. The van der Waals surface area contributed by atoms with Crippen molar-refractivity contribution in [3.63, 3.8) is 0 Å². The highest BCUT2D eigenvalue weighted by Gasteiger charge is 2.16. The van der Waals surface area contributed by atoms with E-state index < -0.39 is 0 Å². The van der Waals surface area contributed by atoms with Gasteiger partial charge in [-0.25, -0.2) is 0 Å². The lowest BCUT2D eigenvalue weighted by Crippen LogP contribution is -2.27. The van der Waals surface area contributed by atoms with Crippen LogP contribution in [0.4, 0.5) is 5.69 Å². The Balaban J connectivity index is 2.22. The fourth-order valence-electron chi connectivity index (χ4n) is 2.10. The highest BCUT2D eigenvalue weighted by atomic mass is 35.5. The van der Waals surface area contributed by atoms with E-state index >= 15 is 0 Å². The molecule has 0 aromatic heterocycles. The monoisotopic (exact) mass is 322 g/mol. The Morgan fingerprint density at radius 1 is 1.14 bits per heavy atom. The van der Waals surface area contributed by atoms with E-state index in [1.54, 1.807) is 31.3 Å². The van der Waals surface area contributed by atoms with Gasteiger partial charge in [0.15, 0.2) is 0 Å². The second-order valence-corrected chi connectivity index (χ2v) is 5.50. The van der Waals surface area contributed by atoms with Gasteiger partial charge in [-0.2, -0.15) is 0 Å². The maximum Gasteiger partial charge on any atom is 0.253 e. The molecule has 2 rings (SSSR count). The van der Waals surface area contributed by atoms with Crippen molar-refractivity contribution in [2.75, 3.05) is 12.4 Å². The van der Waals surface area contributed by atoms with Crippen LogP contribution < -0.4 is 10.6 Å². The van der Waals surface area contributed by atoms with Crippen LogP contribution in [-0.2, 0) is 0 Å². The SMILES string of the molecule is CNc1ccc(Cl)cc1C(=O)NC(C)c1ccccc1Cl. The van der Waals surface area contributed by atoms with Gasteiger partial charge in [-0.05, 0) is 36.8 Å². The minimum atomic E-state index is -0.200. The number of carbonyl (C=O) groups is 1.